The average Bonchev–Trinajstić information content (AvgIpc) is 3.39. The molecule has 1 fully saturated rings. The van der Waals surface area contributed by atoms with Gasteiger partial charge in [0.2, 0.25) is 17.8 Å². The summed E-state index contributed by atoms with van der Waals surface area (Å²) in [5.41, 5.74) is 3.32. The number of nitrogens with one attached hydrogen (secondary N) is 2. The van der Waals surface area contributed by atoms with Crippen molar-refractivity contribution in [2.24, 2.45) is 0 Å². The van der Waals surface area contributed by atoms with E-state index in [4.69, 9.17) is 0 Å². The third-order valence-electron chi connectivity index (χ3n) is 6.34. The maximum atomic E-state index is 11.7. The minimum atomic E-state index is -3.22. The van der Waals surface area contributed by atoms with Gasteiger partial charge in [-0.1, -0.05) is 18.2 Å². The molecular formula is C26H28N8O3S. The normalized spacial score (nSPS) is 14.3. The van der Waals surface area contributed by atoms with E-state index in [-0.39, 0.29) is 11.9 Å². The van der Waals surface area contributed by atoms with Gasteiger partial charge < -0.3 is 15.5 Å². The van der Waals surface area contributed by atoms with Crippen molar-refractivity contribution < 1.29 is 13.2 Å². The van der Waals surface area contributed by atoms with E-state index in [2.05, 4.69) is 35.6 Å². The van der Waals surface area contributed by atoms with Crippen LogP contribution in [0.4, 0.5) is 23.3 Å². The first-order valence-electron chi connectivity index (χ1n) is 12.2. The summed E-state index contributed by atoms with van der Waals surface area (Å²) >= 11 is 0. The molecule has 196 valence electrons. The highest BCUT2D eigenvalue weighted by atomic mass is 32.2. The lowest BCUT2D eigenvalue weighted by molar-refractivity contribution is -0.114. The number of rotatable bonds is 7. The molecule has 1 saturated heterocycles. The third kappa shape index (κ3) is 5.97. The maximum absolute atomic E-state index is 11.7. The lowest BCUT2D eigenvalue weighted by atomic mass is 10.1. The van der Waals surface area contributed by atoms with Crippen LogP contribution in [0, 0.1) is 0 Å². The zero-order valence-electron chi connectivity index (χ0n) is 21.1. The van der Waals surface area contributed by atoms with Gasteiger partial charge in [0.15, 0.2) is 9.84 Å². The smallest absolute Gasteiger partial charge is 0.231 e. The van der Waals surface area contributed by atoms with Gasteiger partial charge in [0.05, 0.1) is 17.1 Å². The van der Waals surface area contributed by atoms with Crippen molar-refractivity contribution in [1.82, 2.24) is 24.7 Å². The Morgan fingerprint density at radius 3 is 2.45 bits per heavy atom. The summed E-state index contributed by atoms with van der Waals surface area (Å²) in [7, 11) is -3.22. The lowest BCUT2D eigenvalue weighted by Gasteiger charge is -2.32. The summed E-state index contributed by atoms with van der Waals surface area (Å²) in [6.45, 7) is 3.00. The molecule has 38 heavy (non-hydrogen) atoms. The average molecular weight is 533 g/mol. The molecule has 0 saturated carbocycles. The molecule has 0 aliphatic carbocycles. The molecule has 0 bridgehead atoms. The number of nitrogens with zero attached hydrogens (tertiary/aromatic N) is 6. The molecule has 2 N–H and O–H groups in total. The van der Waals surface area contributed by atoms with E-state index in [1.165, 1.54) is 19.5 Å². The maximum Gasteiger partial charge on any atom is 0.231 e. The topological polar surface area (TPSA) is 135 Å². The number of hydrogen-bond acceptors (Lipinski definition) is 9. The zero-order chi connectivity index (χ0) is 26.7. The van der Waals surface area contributed by atoms with E-state index < -0.39 is 9.84 Å². The van der Waals surface area contributed by atoms with Gasteiger partial charge in [0.1, 0.15) is 6.33 Å². The molecule has 5 rings (SSSR count). The highest BCUT2D eigenvalue weighted by Crippen LogP contribution is 2.28. The van der Waals surface area contributed by atoms with Crippen molar-refractivity contribution in [1.29, 1.82) is 0 Å². The summed E-state index contributed by atoms with van der Waals surface area (Å²) < 4.78 is 25.4. The van der Waals surface area contributed by atoms with Gasteiger partial charge in [-0.3, -0.25) is 9.48 Å². The molecule has 1 amide bonds. The molecule has 1 aliphatic heterocycles. The van der Waals surface area contributed by atoms with Crippen LogP contribution in [0.2, 0.25) is 0 Å². The van der Waals surface area contributed by atoms with E-state index in [0.29, 0.717) is 22.5 Å². The van der Waals surface area contributed by atoms with Crippen LogP contribution < -0.4 is 15.5 Å². The molecule has 11 nitrogen and oxygen atoms in total. The van der Waals surface area contributed by atoms with Crippen LogP contribution in [0.25, 0.3) is 11.1 Å². The van der Waals surface area contributed by atoms with Crippen molar-refractivity contribution in [3.05, 3.63) is 67.3 Å². The summed E-state index contributed by atoms with van der Waals surface area (Å²) in [6, 6.07) is 14.4. The van der Waals surface area contributed by atoms with Gasteiger partial charge in [-0.05, 0) is 48.7 Å². The fraction of sp³-hybridized carbons (Fsp3) is 0.269. The number of amides is 1. The summed E-state index contributed by atoms with van der Waals surface area (Å²) in [5.74, 6) is 0.893. The highest BCUT2D eigenvalue weighted by molar-refractivity contribution is 7.90. The number of anilines is 4. The van der Waals surface area contributed by atoms with Crippen LogP contribution >= 0.6 is 0 Å². The van der Waals surface area contributed by atoms with Crippen molar-refractivity contribution in [2.45, 2.75) is 30.7 Å². The fourth-order valence-corrected chi connectivity index (χ4v) is 5.05. The molecule has 2 aromatic heterocycles. The molecular weight excluding hydrogens is 504 g/mol. The summed E-state index contributed by atoms with van der Waals surface area (Å²) in [4.78, 5) is 27.0. The first-order valence-corrected chi connectivity index (χ1v) is 14.1. The van der Waals surface area contributed by atoms with Crippen LogP contribution in [0.15, 0.2) is 72.1 Å². The fourth-order valence-electron chi connectivity index (χ4n) is 4.42. The Bertz CT molecular complexity index is 1540. The molecule has 4 aromatic rings. The second-order valence-corrected chi connectivity index (χ2v) is 11.2. The number of benzene rings is 2. The first-order chi connectivity index (χ1) is 18.2. The van der Waals surface area contributed by atoms with Crippen molar-refractivity contribution in [3.8, 4) is 11.1 Å². The van der Waals surface area contributed by atoms with Crippen molar-refractivity contribution in [2.75, 3.05) is 34.9 Å². The van der Waals surface area contributed by atoms with E-state index in [0.717, 1.165) is 42.7 Å². The molecule has 2 aromatic carbocycles. The number of aromatic nitrogens is 5. The molecule has 1 aliphatic rings. The molecule has 0 atom stereocenters. The summed E-state index contributed by atoms with van der Waals surface area (Å²) in [5, 5.41) is 10.5. The number of piperidine rings is 1. The Morgan fingerprint density at radius 2 is 1.74 bits per heavy atom. The molecule has 0 unspecified atom stereocenters. The van der Waals surface area contributed by atoms with E-state index in [9.17, 15) is 13.2 Å². The van der Waals surface area contributed by atoms with Gasteiger partial charge in [0.25, 0.3) is 0 Å². The zero-order valence-corrected chi connectivity index (χ0v) is 21.9. The van der Waals surface area contributed by atoms with Crippen molar-refractivity contribution in [3.63, 3.8) is 0 Å². The third-order valence-corrected chi connectivity index (χ3v) is 7.47. The molecule has 0 spiro atoms. The predicted octanol–water partition coefficient (Wildman–Crippen LogP) is 3.68. The van der Waals surface area contributed by atoms with E-state index in [1.54, 1.807) is 12.1 Å². The predicted molar refractivity (Wildman–Crippen MR) is 145 cm³/mol. The minimum Gasteiger partial charge on any atom is -0.341 e. The standard InChI is InChI=1S/C26H28N8O3S/c1-18(35)30-21-4-3-5-22(14-21)31-25-27-17-28-26(32-25)33-12-10-23(11-13-33)34-16-20(15-29-34)19-6-8-24(9-7-19)38(2,36)37/h3-9,14-17,23H,10-13H2,1-2H3,(H,30,35)(H,27,28,31,32). The Balaban J connectivity index is 1.21. The lowest BCUT2D eigenvalue weighted by Crippen LogP contribution is -2.36. The number of carbonyl (C=O) groups is 1. The van der Waals surface area contributed by atoms with E-state index >= 15 is 0 Å². The monoisotopic (exact) mass is 532 g/mol. The van der Waals surface area contributed by atoms with Crippen molar-refractivity contribution >= 4 is 39.0 Å². The van der Waals surface area contributed by atoms with Crippen LogP contribution in [-0.4, -0.2) is 58.4 Å². The minimum absolute atomic E-state index is 0.136. The molecule has 0 radical (unpaired) electrons. The van der Waals surface area contributed by atoms with Gasteiger partial charge in [-0.2, -0.15) is 10.1 Å². The van der Waals surface area contributed by atoms with Crippen LogP contribution in [0.5, 0.6) is 0 Å². The first kappa shape index (κ1) is 25.3. The van der Waals surface area contributed by atoms with Crippen LogP contribution in [0.1, 0.15) is 25.8 Å². The second-order valence-electron chi connectivity index (χ2n) is 9.22. The Morgan fingerprint density at radius 1 is 1.00 bits per heavy atom. The molecule has 12 heteroatoms. The SMILES string of the molecule is CC(=O)Nc1cccc(Nc2ncnc(N3CCC(n4cc(-c5ccc(S(C)(=O)=O)cc5)cn4)CC3)n2)c1. The van der Waals surface area contributed by atoms with Crippen LogP contribution in [0.3, 0.4) is 0 Å². The number of carbonyl (C=O) groups excluding carboxylic acids is 1. The van der Waals surface area contributed by atoms with Crippen LogP contribution in [-0.2, 0) is 14.6 Å². The number of hydrogen-bond donors (Lipinski definition) is 2. The Labute approximate surface area is 220 Å². The molecule has 3 heterocycles. The highest BCUT2D eigenvalue weighted by Gasteiger charge is 2.23. The van der Waals surface area contributed by atoms with Gasteiger partial charge in [-0.25, -0.2) is 18.4 Å². The van der Waals surface area contributed by atoms with Gasteiger partial charge in [0, 0.05) is 49.4 Å². The van der Waals surface area contributed by atoms with E-state index in [1.807, 2.05) is 53.5 Å². The number of sulfone groups is 1. The Kier molecular flexibility index (Phi) is 7.05. The largest absolute Gasteiger partial charge is 0.341 e. The van der Waals surface area contributed by atoms with Gasteiger partial charge in [-0.15, -0.1) is 0 Å². The quantitative estimate of drug-likeness (QED) is 0.365. The van der Waals surface area contributed by atoms with Gasteiger partial charge >= 0.3 is 0 Å². The second kappa shape index (κ2) is 10.6. The summed E-state index contributed by atoms with van der Waals surface area (Å²) in [6.07, 6.45) is 8.27. The Hall–Kier alpha value is -4.32.